The third-order valence-electron chi connectivity index (χ3n) is 4.72. The number of carboxylic acids is 2. The number of aromatic amines is 1. The smallest absolute Gasteiger partial charge is 0.326 e. The average molecular weight is 530 g/mol. The van der Waals surface area contributed by atoms with E-state index in [1.54, 1.807) is 0 Å². The van der Waals surface area contributed by atoms with E-state index in [-0.39, 0.29) is 37.5 Å². The Morgan fingerprint density at radius 3 is 2.17 bits per heavy atom. The number of nitrogens with two attached hydrogens (primary N) is 3. The molecule has 1 aromatic heterocycles. The number of aliphatic imine (C=N–C) groups is 1. The van der Waals surface area contributed by atoms with Gasteiger partial charge in [-0.3, -0.25) is 24.2 Å². The number of nitrogens with one attached hydrogen (secondary N) is 4. The van der Waals surface area contributed by atoms with E-state index in [2.05, 4.69) is 43.5 Å². The van der Waals surface area contributed by atoms with Crippen molar-refractivity contribution in [1.29, 1.82) is 0 Å². The maximum Gasteiger partial charge on any atom is 0.326 e. The molecule has 200 valence electrons. The summed E-state index contributed by atoms with van der Waals surface area (Å²) in [6.45, 7) is 0.134. The van der Waals surface area contributed by atoms with Gasteiger partial charge in [-0.15, -0.1) is 0 Å². The molecule has 0 fully saturated rings. The maximum atomic E-state index is 12.9. The van der Waals surface area contributed by atoms with Gasteiger partial charge >= 0.3 is 11.9 Å². The van der Waals surface area contributed by atoms with E-state index in [0.29, 0.717) is 5.69 Å². The van der Waals surface area contributed by atoms with Crippen molar-refractivity contribution in [2.24, 2.45) is 22.2 Å². The molecule has 0 aliphatic heterocycles. The highest BCUT2D eigenvalue weighted by Crippen LogP contribution is 2.04. The number of hydrogen-bond acceptors (Lipinski definition) is 9. The first kappa shape index (κ1) is 30.2. The number of thiol groups is 1. The van der Waals surface area contributed by atoms with E-state index in [1.165, 1.54) is 12.5 Å². The van der Waals surface area contributed by atoms with Crippen LogP contribution in [0.4, 0.5) is 0 Å². The molecule has 0 saturated heterocycles. The summed E-state index contributed by atoms with van der Waals surface area (Å²) in [5.41, 5.74) is 16.5. The number of nitrogens with zero attached hydrogens (tertiary/aromatic N) is 2. The Labute approximate surface area is 211 Å². The highest BCUT2D eigenvalue weighted by atomic mass is 32.1. The standard InChI is InChI=1S/C19H31N9O7S/c20-10(5-14(29)30)15(31)28-13(7-36)17(33)26-11(2-1-3-24-19(21)22)16(32)27-12(18(34)35)4-9-6-23-8-25-9/h6,8,10-13,36H,1-5,7,20H2,(H,23,25)(H,26,33)(H,27,32)(H,28,31)(H,29,30)(H,34,35)(H4,21,22,24). The Bertz CT molecular complexity index is 938. The lowest BCUT2D eigenvalue weighted by molar-refractivity contribution is -0.142. The first-order chi connectivity index (χ1) is 16.9. The molecule has 0 aliphatic rings. The van der Waals surface area contributed by atoms with Crippen LogP contribution in [0.15, 0.2) is 17.5 Å². The fourth-order valence-electron chi connectivity index (χ4n) is 2.89. The number of imidazole rings is 1. The minimum Gasteiger partial charge on any atom is -0.481 e. The highest BCUT2D eigenvalue weighted by Gasteiger charge is 2.30. The average Bonchev–Trinajstić information content (AvgIpc) is 3.31. The van der Waals surface area contributed by atoms with E-state index in [4.69, 9.17) is 22.3 Å². The molecular weight excluding hydrogens is 498 g/mol. The lowest BCUT2D eigenvalue weighted by Gasteiger charge is -2.24. The second-order valence-corrected chi connectivity index (χ2v) is 8.00. The number of hydrogen-bond donors (Lipinski definition) is 10. The quantitative estimate of drug-likeness (QED) is 0.0430. The van der Waals surface area contributed by atoms with Crippen LogP contribution in [-0.4, -0.2) is 92.3 Å². The molecule has 0 spiro atoms. The molecule has 36 heavy (non-hydrogen) atoms. The molecule has 1 heterocycles. The Morgan fingerprint density at radius 2 is 1.64 bits per heavy atom. The number of carbonyl (C=O) groups excluding carboxylic acids is 3. The molecule has 4 atom stereocenters. The predicted octanol–water partition coefficient (Wildman–Crippen LogP) is -3.72. The number of carbonyl (C=O) groups is 5. The van der Waals surface area contributed by atoms with E-state index in [0.717, 1.165) is 0 Å². The van der Waals surface area contributed by atoms with Gasteiger partial charge in [0.15, 0.2) is 5.96 Å². The Kier molecular flexibility index (Phi) is 12.7. The van der Waals surface area contributed by atoms with Crippen molar-refractivity contribution < 1.29 is 34.2 Å². The van der Waals surface area contributed by atoms with Gasteiger partial charge in [0.1, 0.15) is 18.1 Å². The minimum absolute atomic E-state index is 0.0243. The fraction of sp³-hybridized carbons (Fsp3) is 0.526. The monoisotopic (exact) mass is 529 g/mol. The zero-order valence-electron chi connectivity index (χ0n) is 19.2. The molecule has 1 rings (SSSR count). The molecule has 0 aliphatic carbocycles. The molecule has 17 heteroatoms. The number of carboxylic acid groups (broad SMARTS) is 2. The van der Waals surface area contributed by atoms with Crippen LogP contribution in [0.25, 0.3) is 0 Å². The van der Waals surface area contributed by atoms with Crippen molar-refractivity contribution >= 4 is 48.2 Å². The molecule has 0 saturated carbocycles. The van der Waals surface area contributed by atoms with Gasteiger partial charge < -0.3 is 48.3 Å². The summed E-state index contributed by atoms with van der Waals surface area (Å²) in [6, 6.07) is -5.21. The Balaban J connectivity index is 2.94. The van der Waals surface area contributed by atoms with E-state index < -0.39 is 60.2 Å². The number of aliphatic carboxylic acids is 2. The normalized spacial score (nSPS) is 13.9. The van der Waals surface area contributed by atoms with Crippen molar-refractivity contribution in [2.45, 2.75) is 49.9 Å². The molecule has 1 aromatic rings. The van der Waals surface area contributed by atoms with Gasteiger partial charge in [0, 0.05) is 30.6 Å². The topological polar surface area (TPSA) is 281 Å². The van der Waals surface area contributed by atoms with Crippen LogP contribution in [0.3, 0.4) is 0 Å². The zero-order chi connectivity index (χ0) is 27.3. The minimum atomic E-state index is -1.41. The maximum absolute atomic E-state index is 12.9. The van der Waals surface area contributed by atoms with Crippen molar-refractivity contribution in [3.8, 4) is 0 Å². The van der Waals surface area contributed by atoms with Gasteiger partial charge in [0.05, 0.1) is 18.8 Å². The van der Waals surface area contributed by atoms with Crippen LogP contribution in [0.1, 0.15) is 25.0 Å². The molecule has 3 amide bonds. The van der Waals surface area contributed by atoms with E-state index >= 15 is 0 Å². The van der Waals surface area contributed by atoms with Gasteiger partial charge in [0.25, 0.3) is 0 Å². The Hall–Kier alpha value is -3.86. The van der Waals surface area contributed by atoms with Crippen LogP contribution >= 0.6 is 12.6 Å². The van der Waals surface area contributed by atoms with Crippen LogP contribution < -0.4 is 33.2 Å². The van der Waals surface area contributed by atoms with Crippen LogP contribution in [0, 0.1) is 0 Å². The van der Waals surface area contributed by atoms with Crippen molar-refractivity contribution in [3.05, 3.63) is 18.2 Å². The zero-order valence-corrected chi connectivity index (χ0v) is 20.1. The predicted molar refractivity (Wildman–Crippen MR) is 130 cm³/mol. The van der Waals surface area contributed by atoms with Crippen LogP contribution in [0.2, 0.25) is 0 Å². The fourth-order valence-corrected chi connectivity index (χ4v) is 3.14. The van der Waals surface area contributed by atoms with Crippen molar-refractivity contribution in [2.75, 3.05) is 12.3 Å². The second-order valence-electron chi connectivity index (χ2n) is 7.64. The summed E-state index contributed by atoms with van der Waals surface area (Å²) in [5.74, 6) is -5.49. The SMILES string of the molecule is NC(N)=NCCCC(NC(=O)C(CS)NC(=O)C(N)CC(=O)O)C(=O)NC(Cc1cnc[nH]1)C(=O)O. The molecule has 0 bridgehead atoms. The summed E-state index contributed by atoms with van der Waals surface area (Å²) in [4.78, 5) is 70.6. The summed E-state index contributed by atoms with van der Waals surface area (Å²) < 4.78 is 0. The molecular formula is C19H31N9O7S. The van der Waals surface area contributed by atoms with Gasteiger partial charge in [-0.1, -0.05) is 0 Å². The first-order valence-electron chi connectivity index (χ1n) is 10.7. The molecule has 12 N–H and O–H groups in total. The summed E-state index contributed by atoms with van der Waals surface area (Å²) in [6.07, 6.45) is 2.29. The number of guanidine groups is 1. The summed E-state index contributed by atoms with van der Waals surface area (Å²) in [5, 5.41) is 25.4. The lowest BCUT2D eigenvalue weighted by atomic mass is 10.1. The molecule has 16 nitrogen and oxygen atoms in total. The Morgan fingerprint density at radius 1 is 1.03 bits per heavy atom. The lowest BCUT2D eigenvalue weighted by Crippen LogP contribution is -2.58. The van der Waals surface area contributed by atoms with Gasteiger partial charge in [-0.25, -0.2) is 9.78 Å². The van der Waals surface area contributed by atoms with Gasteiger partial charge in [-0.05, 0) is 12.8 Å². The first-order valence-corrected chi connectivity index (χ1v) is 11.3. The van der Waals surface area contributed by atoms with Gasteiger partial charge in [0.2, 0.25) is 17.7 Å². The number of aromatic nitrogens is 2. The largest absolute Gasteiger partial charge is 0.481 e. The van der Waals surface area contributed by atoms with Gasteiger partial charge in [-0.2, -0.15) is 12.6 Å². The number of H-pyrrole nitrogens is 1. The number of rotatable bonds is 16. The summed E-state index contributed by atoms with van der Waals surface area (Å²) in [7, 11) is 0. The van der Waals surface area contributed by atoms with Crippen LogP contribution in [0.5, 0.6) is 0 Å². The highest BCUT2D eigenvalue weighted by molar-refractivity contribution is 7.80. The third-order valence-corrected chi connectivity index (χ3v) is 5.08. The van der Waals surface area contributed by atoms with E-state index in [1.807, 2.05) is 0 Å². The summed E-state index contributed by atoms with van der Waals surface area (Å²) >= 11 is 4.02. The third kappa shape index (κ3) is 11.0. The number of amides is 3. The molecule has 0 aromatic carbocycles. The second kappa shape index (κ2) is 15.2. The van der Waals surface area contributed by atoms with Crippen molar-refractivity contribution in [3.63, 3.8) is 0 Å². The van der Waals surface area contributed by atoms with Crippen LogP contribution in [-0.2, 0) is 30.4 Å². The van der Waals surface area contributed by atoms with E-state index in [9.17, 15) is 29.1 Å². The molecule has 0 radical (unpaired) electrons. The van der Waals surface area contributed by atoms with Crippen molar-refractivity contribution in [1.82, 2.24) is 25.9 Å². The molecule has 4 unspecified atom stereocenters.